The Morgan fingerprint density at radius 1 is 1.06 bits per heavy atom. The Bertz CT molecular complexity index is 1120. The zero-order valence-corrected chi connectivity index (χ0v) is 19.1. The lowest BCUT2D eigenvalue weighted by molar-refractivity contribution is -0.136. The fourth-order valence-corrected chi connectivity index (χ4v) is 5.38. The highest BCUT2D eigenvalue weighted by atomic mass is 32.2. The third-order valence-corrected chi connectivity index (χ3v) is 7.17. The summed E-state index contributed by atoms with van der Waals surface area (Å²) in [5.74, 6) is 0.123. The molecule has 0 aliphatic carbocycles. The van der Waals surface area contributed by atoms with Crippen LogP contribution in [0.3, 0.4) is 0 Å². The Kier molecular flexibility index (Phi) is 6.46. The second-order valence-electron chi connectivity index (χ2n) is 8.42. The molecule has 2 heterocycles. The van der Waals surface area contributed by atoms with Crippen LogP contribution in [0.1, 0.15) is 45.6 Å². The Balaban J connectivity index is 1.69. The van der Waals surface area contributed by atoms with Crippen molar-refractivity contribution in [3.05, 3.63) is 70.5 Å². The van der Waals surface area contributed by atoms with Crippen LogP contribution in [-0.4, -0.2) is 37.7 Å². The molecule has 0 N–H and O–H groups in total. The van der Waals surface area contributed by atoms with E-state index in [2.05, 4.69) is 13.8 Å². The summed E-state index contributed by atoms with van der Waals surface area (Å²) in [7, 11) is 0. The van der Waals surface area contributed by atoms with E-state index in [1.54, 1.807) is 4.57 Å². The average Bonchev–Trinajstić information content (AvgIpc) is 2.77. The molecule has 162 valence electrons. The van der Waals surface area contributed by atoms with Crippen molar-refractivity contribution in [3.63, 3.8) is 0 Å². The number of carbonyl (C=O) groups excluding carboxylic acids is 1. The Morgan fingerprint density at radius 2 is 1.71 bits per heavy atom. The van der Waals surface area contributed by atoms with Gasteiger partial charge in [0.05, 0.1) is 22.7 Å². The number of fused-ring (bicyclic) bond motifs is 1. The largest absolute Gasteiger partial charge is 0.336 e. The normalized spacial score (nSPS) is 20.0. The average molecular weight is 436 g/mol. The van der Waals surface area contributed by atoms with Gasteiger partial charge in [-0.3, -0.25) is 14.2 Å². The van der Waals surface area contributed by atoms with Crippen LogP contribution >= 0.6 is 11.8 Å². The number of nitrogens with zero attached hydrogens (tertiary/aromatic N) is 3. The molecule has 1 aliphatic heterocycles. The number of rotatable bonds is 5. The highest BCUT2D eigenvalue weighted by molar-refractivity contribution is 8.00. The SMILES string of the molecule is C[C@H](Sc1nc2ccccc2c(=O)n1Cc1ccccc1)C(=O)N1[C@H](C)CCC[C@H]1C. The molecule has 6 heteroatoms. The van der Waals surface area contributed by atoms with Gasteiger partial charge in [0.25, 0.3) is 5.56 Å². The molecule has 1 amide bonds. The lowest BCUT2D eigenvalue weighted by Crippen LogP contribution is -2.50. The molecule has 0 spiro atoms. The van der Waals surface area contributed by atoms with E-state index in [0.29, 0.717) is 22.6 Å². The summed E-state index contributed by atoms with van der Waals surface area (Å²) in [6.45, 7) is 6.61. The Hall–Kier alpha value is -2.60. The van der Waals surface area contributed by atoms with E-state index in [9.17, 15) is 9.59 Å². The molecular formula is C25H29N3O2S. The summed E-state index contributed by atoms with van der Waals surface area (Å²) in [5, 5.41) is 0.865. The molecule has 2 aromatic carbocycles. The number of likely N-dealkylation sites (tertiary alicyclic amines) is 1. The molecule has 3 aromatic rings. The summed E-state index contributed by atoms with van der Waals surface area (Å²) in [4.78, 5) is 33.5. The van der Waals surface area contributed by atoms with Crippen molar-refractivity contribution in [2.75, 3.05) is 0 Å². The summed E-state index contributed by atoms with van der Waals surface area (Å²) in [6.07, 6.45) is 3.25. The van der Waals surface area contributed by atoms with Gasteiger partial charge in [0.15, 0.2) is 5.16 Å². The van der Waals surface area contributed by atoms with Gasteiger partial charge in [0.1, 0.15) is 0 Å². The lowest BCUT2D eigenvalue weighted by Gasteiger charge is -2.40. The number of amides is 1. The molecule has 3 atom stereocenters. The van der Waals surface area contributed by atoms with Gasteiger partial charge in [-0.2, -0.15) is 0 Å². The molecule has 31 heavy (non-hydrogen) atoms. The lowest BCUT2D eigenvalue weighted by atomic mass is 9.97. The first-order valence-electron chi connectivity index (χ1n) is 11.0. The zero-order chi connectivity index (χ0) is 22.0. The second-order valence-corrected chi connectivity index (χ2v) is 9.73. The van der Waals surface area contributed by atoms with Crippen LogP contribution < -0.4 is 5.56 Å². The van der Waals surface area contributed by atoms with E-state index in [-0.39, 0.29) is 28.8 Å². The highest BCUT2D eigenvalue weighted by Crippen LogP contribution is 2.29. The van der Waals surface area contributed by atoms with E-state index < -0.39 is 0 Å². The Morgan fingerprint density at radius 3 is 2.42 bits per heavy atom. The van der Waals surface area contributed by atoms with Crippen molar-refractivity contribution in [1.29, 1.82) is 0 Å². The van der Waals surface area contributed by atoms with Crippen molar-refractivity contribution in [1.82, 2.24) is 14.5 Å². The fraction of sp³-hybridized carbons (Fsp3) is 0.400. The number of aromatic nitrogens is 2. The number of hydrogen-bond donors (Lipinski definition) is 0. The van der Waals surface area contributed by atoms with Gasteiger partial charge < -0.3 is 4.90 Å². The predicted molar refractivity (Wildman–Crippen MR) is 126 cm³/mol. The van der Waals surface area contributed by atoms with Crippen LogP contribution in [0.15, 0.2) is 64.5 Å². The van der Waals surface area contributed by atoms with Crippen LogP contribution in [0.25, 0.3) is 10.9 Å². The van der Waals surface area contributed by atoms with Gasteiger partial charge in [-0.15, -0.1) is 0 Å². The van der Waals surface area contributed by atoms with E-state index in [1.807, 2.05) is 66.4 Å². The summed E-state index contributed by atoms with van der Waals surface area (Å²) < 4.78 is 1.70. The summed E-state index contributed by atoms with van der Waals surface area (Å²) >= 11 is 1.38. The minimum absolute atomic E-state index is 0.0729. The van der Waals surface area contributed by atoms with Gasteiger partial charge in [0.2, 0.25) is 5.91 Å². The predicted octanol–water partition coefficient (Wildman–Crippen LogP) is 4.71. The maximum atomic E-state index is 13.3. The van der Waals surface area contributed by atoms with Crippen LogP contribution in [0.5, 0.6) is 0 Å². The van der Waals surface area contributed by atoms with Crippen LogP contribution in [0, 0.1) is 0 Å². The van der Waals surface area contributed by atoms with Crippen molar-refractivity contribution in [3.8, 4) is 0 Å². The van der Waals surface area contributed by atoms with Gasteiger partial charge in [0, 0.05) is 12.1 Å². The smallest absolute Gasteiger partial charge is 0.262 e. The van der Waals surface area contributed by atoms with Crippen LogP contribution in [0.2, 0.25) is 0 Å². The van der Waals surface area contributed by atoms with E-state index in [0.717, 1.165) is 24.8 Å². The van der Waals surface area contributed by atoms with Crippen molar-refractivity contribution in [2.24, 2.45) is 0 Å². The van der Waals surface area contributed by atoms with Gasteiger partial charge in [-0.25, -0.2) is 4.98 Å². The quantitative estimate of drug-likeness (QED) is 0.430. The first-order valence-corrected chi connectivity index (χ1v) is 11.9. The standard InChI is InChI=1S/C25H29N3O2S/c1-17-10-9-11-18(2)28(17)23(29)19(3)31-25-26-22-15-8-7-14-21(22)24(30)27(25)16-20-12-5-4-6-13-20/h4-8,12-15,17-19H,9-11,16H2,1-3H3/t17-,18-,19+/m1/s1. The number of benzene rings is 2. The van der Waals surface area contributed by atoms with Crippen molar-refractivity contribution < 1.29 is 4.79 Å². The molecular weight excluding hydrogens is 406 g/mol. The highest BCUT2D eigenvalue weighted by Gasteiger charge is 2.32. The Labute approximate surface area is 187 Å². The zero-order valence-electron chi connectivity index (χ0n) is 18.3. The topological polar surface area (TPSA) is 55.2 Å². The molecule has 1 saturated heterocycles. The minimum atomic E-state index is -0.321. The third kappa shape index (κ3) is 4.54. The maximum absolute atomic E-state index is 13.3. The van der Waals surface area contributed by atoms with E-state index in [1.165, 1.54) is 11.8 Å². The van der Waals surface area contributed by atoms with E-state index >= 15 is 0 Å². The molecule has 5 nitrogen and oxygen atoms in total. The monoisotopic (exact) mass is 435 g/mol. The second kappa shape index (κ2) is 9.27. The van der Waals surface area contributed by atoms with Gasteiger partial charge in [-0.05, 0) is 57.7 Å². The molecule has 4 rings (SSSR count). The molecule has 1 fully saturated rings. The first kappa shape index (κ1) is 21.6. The summed E-state index contributed by atoms with van der Waals surface area (Å²) in [6, 6.07) is 17.8. The summed E-state index contributed by atoms with van der Waals surface area (Å²) in [5.41, 5.74) is 1.62. The van der Waals surface area contributed by atoms with Crippen LogP contribution in [0.4, 0.5) is 0 Å². The minimum Gasteiger partial charge on any atom is -0.336 e. The first-order chi connectivity index (χ1) is 15.0. The van der Waals surface area contributed by atoms with Gasteiger partial charge in [-0.1, -0.05) is 54.2 Å². The molecule has 0 radical (unpaired) electrons. The maximum Gasteiger partial charge on any atom is 0.262 e. The fourth-order valence-electron chi connectivity index (χ4n) is 4.42. The number of para-hydroxylation sites is 1. The van der Waals surface area contributed by atoms with Gasteiger partial charge >= 0.3 is 0 Å². The number of piperidine rings is 1. The number of hydrogen-bond acceptors (Lipinski definition) is 4. The molecule has 0 bridgehead atoms. The molecule has 1 aliphatic rings. The number of thioether (sulfide) groups is 1. The molecule has 0 saturated carbocycles. The molecule has 1 aromatic heterocycles. The number of carbonyl (C=O) groups is 1. The van der Waals surface area contributed by atoms with E-state index in [4.69, 9.17) is 4.98 Å². The van der Waals surface area contributed by atoms with Crippen LogP contribution in [-0.2, 0) is 11.3 Å². The third-order valence-electron chi connectivity index (χ3n) is 6.09. The van der Waals surface area contributed by atoms with Crippen molar-refractivity contribution >= 4 is 28.6 Å². The van der Waals surface area contributed by atoms with Crippen molar-refractivity contribution in [2.45, 2.75) is 69.1 Å². The molecule has 0 unspecified atom stereocenters.